The van der Waals surface area contributed by atoms with Crippen LogP contribution in [0.15, 0.2) is 42.5 Å². The van der Waals surface area contributed by atoms with Crippen molar-refractivity contribution in [3.8, 4) is 5.75 Å². The molecule has 0 aliphatic heterocycles. The minimum absolute atomic E-state index is 0.0180. The summed E-state index contributed by atoms with van der Waals surface area (Å²) < 4.78 is 48.6. The van der Waals surface area contributed by atoms with Gasteiger partial charge in [-0.1, -0.05) is 29.8 Å². The molecule has 0 heterocycles. The van der Waals surface area contributed by atoms with Crippen LogP contribution in [0.5, 0.6) is 5.75 Å². The highest BCUT2D eigenvalue weighted by molar-refractivity contribution is 6.32. The first-order valence-corrected chi connectivity index (χ1v) is 7.45. The van der Waals surface area contributed by atoms with Gasteiger partial charge in [0.1, 0.15) is 12.4 Å². The van der Waals surface area contributed by atoms with Gasteiger partial charge in [-0.2, -0.15) is 13.2 Å². The number of benzene rings is 2. The molecule has 0 atom stereocenters. The number of esters is 1. The molecule has 0 bridgehead atoms. The Bertz CT molecular complexity index is 712. The molecule has 7 heteroatoms. The summed E-state index contributed by atoms with van der Waals surface area (Å²) in [5.74, 6) is -0.494. The van der Waals surface area contributed by atoms with E-state index in [-0.39, 0.29) is 19.0 Å². The van der Waals surface area contributed by atoms with Crippen LogP contribution in [0.3, 0.4) is 0 Å². The average molecular weight is 359 g/mol. The summed E-state index contributed by atoms with van der Waals surface area (Å²) in [5.41, 5.74) is 0.119. The Morgan fingerprint density at radius 1 is 1.12 bits per heavy atom. The lowest BCUT2D eigenvalue weighted by molar-refractivity contribution is -0.137. The molecule has 0 aliphatic rings. The minimum Gasteiger partial charge on any atom is -0.487 e. The van der Waals surface area contributed by atoms with Gasteiger partial charge in [0.25, 0.3) is 0 Å². The summed E-state index contributed by atoms with van der Waals surface area (Å²) in [6.07, 6.45) is -4.54. The van der Waals surface area contributed by atoms with Crippen LogP contribution in [0.25, 0.3) is 0 Å². The molecule has 0 aromatic heterocycles. The maximum Gasteiger partial charge on any atom is 0.417 e. The molecule has 0 fully saturated rings. The normalized spacial score (nSPS) is 11.2. The highest BCUT2D eigenvalue weighted by Gasteiger charge is 2.34. The fourth-order valence-electron chi connectivity index (χ4n) is 1.95. The summed E-state index contributed by atoms with van der Waals surface area (Å²) in [7, 11) is 0. The van der Waals surface area contributed by atoms with Gasteiger partial charge in [-0.25, -0.2) is 4.79 Å². The van der Waals surface area contributed by atoms with Crippen molar-refractivity contribution >= 4 is 17.6 Å². The van der Waals surface area contributed by atoms with Crippen LogP contribution < -0.4 is 4.74 Å². The third-order valence-electron chi connectivity index (χ3n) is 3.13. The Balaban J connectivity index is 2.08. The zero-order valence-corrected chi connectivity index (χ0v) is 13.4. The lowest BCUT2D eigenvalue weighted by Gasteiger charge is -2.13. The Labute approximate surface area is 142 Å². The quantitative estimate of drug-likeness (QED) is 0.696. The van der Waals surface area contributed by atoms with Gasteiger partial charge in [0, 0.05) is 0 Å². The van der Waals surface area contributed by atoms with Crippen molar-refractivity contribution in [1.29, 1.82) is 0 Å². The molecule has 0 radical (unpaired) electrons. The van der Waals surface area contributed by atoms with Crippen LogP contribution >= 0.6 is 11.6 Å². The van der Waals surface area contributed by atoms with E-state index in [1.165, 1.54) is 12.1 Å². The van der Waals surface area contributed by atoms with Gasteiger partial charge >= 0.3 is 12.1 Å². The predicted molar refractivity (Wildman–Crippen MR) is 83.2 cm³/mol. The Morgan fingerprint density at radius 2 is 1.79 bits per heavy atom. The molecule has 2 aromatic carbocycles. The lowest BCUT2D eigenvalue weighted by Crippen LogP contribution is -2.07. The number of carbonyl (C=O) groups excluding carboxylic acids is 1. The van der Waals surface area contributed by atoms with Gasteiger partial charge in [-0.3, -0.25) is 0 Å². The van der Waals surface area contributed by atoms with Crippen LogP contribution in [0, 0.1) is 0 Å². The minimum atomic E-state index is -4.54. The summed E-state index contributed by atoms with van der Waals surface area (Å²) in [5, 5.41) is -0.479. The number of ether oxygens (including phenoxy) is 2. The van der Waals surface area contributed by atoms with Crippen molar-refractivity contribution in [1.82, 2.24) is 0 Å². The molecule has 0 unspecified atom stereocenters. The third kappa shape index (κ3) is 4.41. The van der Waals surface area contributed by atoms with E-state index in [1.807, 2.05) is 0 Å². The first kappa shape index (κ1) is 18.1. The van der Waals surface area contributed by atoms with Gasteiger partial charge in [0.15, 0.2) is 0 Å². The number of hydrogen-bond donors (Lipinski definition) is 0. The van der Waals surface area contributed by atoms with E-state index in [1.54, 1.807) is 31.2 Å². The van der Waals surface area contributed by atoms with E-state index < -0.39 is 22.7 Å². The van der Waals surface area contributed by atoms with Crippen molar-refractivity contribution in [3.63, 3.8) is 0 Å². The van der Waals surface area contributed by atoms with Crippen LogP contribution in [0.4, 0.5) is 13.2 Å². The van der Waals surface area contributed by atoms with Gasteiger partial charge in [0.2, 0.25) is 0 Å². The van der Waals surface area contributed by atoms with E-state index >= 15 is 0 Å². The number of alkyl halides is 3. The molecule has 0 aliphatic carbocycles. The van der Waals surface area contributed by atoms with E-state index in [0.717, 1.165) is 6.07 Å². The molecule has 0 amide bonds. The Morgan fingerprint density at radius 3 is 2.38 bits per heavy atom. The zero-order chi connectivity index (χ0) is 17.7. The molecule has 3 nitrogen and oxygen atoms in total. The van der Waals surface area contributed by atoms with Crippen molar-refractivity contribution < 1.29 is 27.4 Å². The lowest BCUT2D eigenvalue weighted by atomic mass is 10.1. The monoisotopic (exact) mass is 358 g/mol. The number of carbonyl (C=O) groups is 1. The van der Waals surface area contributed by atoms with E-state index in [0.29, 0.717) is 11.1 Å². The van der Waals surface area contributed by atoms with E-state index in [9.17, 15) is 18.0 Å². The fraction of sp³-hybridized carbons (Fsp3) is 0.235. The second-order valence-corrected chi connectivity index (χ2v) is 5.20. The SMILES string of the molecule is CCOC(=O)c1ccc(COc2cccc(C(F)(F)F)c2Cl)cc1. The highest BCUT2D eigenvalue weighted by atomic mass is 35.5. The Kier molecular flexibility index (Phi) is 5.72. The summed E-state index contributed by atoms with van der Waals surface area (Å²) >= 11 is 5.76. The molecule has 128 valence electrons. The first-order chi connectivity index (χ1) is 11.3. The van der Waals surface area contributed by atoms with Gasteiger partial charge in [-0.15, -0.1) is 0 Å². The fourth-order valence-corrected chi connectivity index (χ4v) is 2.24. The maximum absolute atomic E-state index is 12.8. The molecule has 0 saturated heterocycles. The van der Waals surface area contributed by atoms with Crippen LogP contribution in [0.1, 0.15) is 28.4 Å². The van der Waals surface area contributed by atoms with Crippen LogP contribution in [-0.4, -0.2) is 12.6 Å². The van der Waals surface area contributed by atoms with Crippen molar-refractivity contribution in [2.75, 3.05) is 6.61 Å². The standard InChI is InChI=1S/C17H14ClF3O3/c1-2-23-16(22)12-8-6-11(7-9-12)10-24-14-5-3-4-13(15(14)18)17(19,20)21/h3-9H,2,10H2,1H3. The molecule has 0 N–H and O–H groups in total. The maximum atomic E-state index is 12.8. The summed E-state index contributed by atoms with van der Waals surface area (Å²) in [6.45, 7) is 2.00. The van der Waals surface area contributed by atoms with Crippen LogP contribution in [-0.2, 0) is 17.5 Å². The number of halogens is 4. The third-order valence-corrected chi connectivity index (χ3v) is 3.52. The van der Waals surface area contributed by atoms with Crippen LogP contribution in [0.2, 0.25) is 5.02 Å². The van der Waals surface area contributed by atoms with Crippen molar-refractivity contribution in [2.24, 2.45) is 0 Å². The number of hydrogen-bond acceptors (Lipinski definition) is 3. The van der Waals surface area contributed by atoms with Gasteiger partial charge in [0.05, 0.1) is 22.8 Å². The molecule has 2 aromatic rings. The second kappa shape index (κ2) is 7.57. The average Bonchev–Trinajstić information content (AvgIpc) is 2.53. The summed E-state index contributed by atoms with van der Waals surface area (Å²) in [6, 6.07) is 9.87. The van der Waals surface area contributed by atoms with Gasteiger partial charge in [-0.05, 0) is 36.8 Å². The molecule has 24 heavy (non-hydrogen) atoms. The van der Waals surface area contributed by atoms with Gasteiger partial charge < -0.3 is 9.47 Å². The van der Waals surface area contributed by atoms with E-state index in [4.69, 9.17) is 21.1 Å². The Hall–Kier alpha value is -2.21. The molecule has 0 spiro atoms. The molecule has 2 rings (SSSR count). The second-order valence-electron chi connectivity index (χ2n) is 4.82. The first-order valence-electron chi connectivity index (χ1n) is 7.07. The largest absolute Gasteiger partial charge is 0.487 e. The topological polar surface area (TPSA) is 35.5 Å². The zero-order valence-electron chi connectivity index (χ0n) is 12.7. The smallest absolute Gasteiger partial charge is 0.417 e. The van der Waals surface area contributed by atoms with Crippen molar-refractivity contribution in [3.05, 3.63) is 64.2 Å². The van der Waals surface area contributed by atoms with E-state index in [2.05, 4.69) is 0 Å². The molecular formula is C17H14ClF3O3. The molecular weight excluding hydrogens is 345 g/mol. The summed E-state index contributed by atoms with van der Waals surface area (Å²) in [4.78, 5) is 11.5. The number of rotatable bonds is 5. The van der Waals surface area contributed by atoms with Crippen molar-refractivity contribution in [2.45, 2.75) is 19.7 Å². The highest BCUT2D eigenvalue weighted by Crippen LogP contribution is 2.39. The molecule has 0 saturated carbocycles. The predicted octanol–water partition coefficient (Wildman–Crippen LogP) is 5.11.